The van der Waals surface area contributed by atoms with Gasteiger partial charge < -0.3 is 9.15 Å². The molecule has 2 aromatic heterocycles. The van der Waals surface area contributed by atoms with Crippen molar-refractivity contribution in [1.82, 2.24) is 4.98 Å². The van der Waals surface area contributed by atoms with Crippen LogP contribution in [0.4, 0.5) is 9.52 Å². The Bertz CT molecular complexity index is 1570. The summed E-state index contributed by atoms with van der Waals surface area (Å²) in [5.41, 5.74) is 0.777. The van der Waals surface area contributed by atoms with Gasteiger partial charge in [0.15, 0.2) is 16.3 Å². The molecule has 1 aliphatic heterocycles. The molecule has 0 N–H and O–H groups in total. The topological polar surface area (TPSA) is 89.7 Å². The molecule has 0 unspecified atom stereocenters. The van der Waals surface area contributed by atoms with Gasteiger partial charge in [-0.05, 0) is 42.8 Å². The molecule has 0 bridgehead atoms. The maximum absolute atomic E-state index is 14.0. The number of hydrogen-bond acceptors (Lipinski definition) is 7. The Hall–Kier alpha value is -4.11. The van der Waals surface area contributed by atoms with Crippen molar-refractivity contribution in [2.75, 3.05) is 11.5 Å². The van der Waals surface area contributed by atoms with Gasteiger partial charge in [0.05, 0.1) is 27.6 Å². The van der Waals surface area contributed by atoms with Crippen molar-refractivity contribution in [2.24, 2.45) is 0 Å². The van der Waals surface area contributed by atoms with Crippen molar-refractivity contribution in [3.8, 4) is 5.75 Å². The maximum Gasteiger partial charge on any atom is 0.297 e. The lowest BCUT2D eigenvalue weighted by Gasteiger charge is -2.22. The molecule has 5 rings (SSSR count). The van der Waals surface area contributed by atoms with E-state index in [1.54, 1.807) is 37.3 Å². The summed E-state index contributed by atoms with van der Waals surface area (Å²) in [6.45, 7) is 7.06. The average Bonchev–Trinajstić information content (AvgIpc) is 3.36. The van der Waals surface area contributed by atoms with Crippen LogP contribution >= 0.6 is 11.3 Å². The molecule has 0 aliphatic carbocycles. The third-order valence-corrected chi connectivity index (χ3v) is 6.96. The fraction of sp³-hybridized carbons (Fsp3) is 0.154. The number of amides is 1. The van der Waals surface area contributed by atoms with E-state index in [4.69, 9.17) is 9.15 Å². The van der Waals surface area contributed by atoms with E-state index in [0.717, 1.165) is 23.5 Å². The van der Waals surface area contributed by atoms with Crippen molar-refractivity contribution in [2.45, 2.75) is 19.9 Å². The van der Waals surface area contributed by atoms with E-state index >= 15 is 0 Å². The summed E-state index contributed by atoms with van der Waals surface area (Å²) in [7, 11) is 0. The number of halogens is 1. The number of Topliss-reactive ketones (excluding diaryl/α,β-unsaturated/α-hetero) is 1. The zero-order valence-corrected chi connectivity index (χ0v) is 19.6. The molecule has 0 radical (unpaired) electrons. The molecule has 35 heavy (non-hydrogen) atoms. The number of aryl methyl sites for hydroxylation is 1. The van der Waals surface area contributed by atoms with Gasteiger partial charge in [0.1, 0.15) is 23.8 Å². The summed E-state index contributed by atoms with van der Waals surface area (Å²) >= 11 is 1.07. The average molecular weight is 491 g/mol. The highest BCUT2D eigenvalue weighted by molar-refractivity contribution is 7.17. The van der Waals surface area contributed by atoms with Crippen molar-refractivity contribution >= 4 is 39.1 Å². The number of carbonyl (C=O) groups is 2. The Balaban J connectivity index is 1.73. The van der Waals surface area contributed by atoms with Crippen molar-refractivity contribution < 1.29 is 23.1 Å². The van der Waals surface area contributed by atoms with Crippen LogP contribution in [0.1, 0.15) is 50.0 Å². The smallest absolute Gasteiger partial charge is 0.297 e. The van der Waals surface area contributed by atoms with Crippen LogP contribution in [0.3, 0.4) is 0 Å². The van der Waals surface area contributed by atoms with E-state index in [-0.39, 0.29) is 33.2 Å². The molecule has 0 spiro atoms. The Labute approximate surface area is 203 Å². The minimum Gasteiger partial charge on any atom is -0.490 e. The van der Waals surface area contributed by atoms with E-state index in [2.05, 4.69) is 11.6 Å². The third kappa shape index (κ3) is 3.74. The van der Waals surface area contributed by atoms with Crippen LogP contribution in [-0.2, 0) is 0 Å². The monoisotopic (exact) mass is 490 g/mol. The number of rotatable bonds is 6. The van der Waals surface area contributed by atoms with Gasteiger partial charge in [-0.1, -0.05) is 36.1 Å². The highest BCUT2D eigenvalue weighted by Gasteiger charge is 2.45. The third-order valence-electron chi connectivity index (χ3n) is 5.71. The SMILES string of the molecule is C=CCOc1ccc([C@H]2c3c(oc4ccc(F)cc4c3=O)C(=O)N2c2nc(C)c(C(C)=O)s2)cc1. The van der Waals surface area contributed by atoms with Gasteiger partial charge in [0.25, 0.3) is 5.91 Å². The number of nitrogens with zero attached hydrogens (tertiary/aromatic N) is 2. The second-order valence-electron chi connectivity index (χ2n) is 8.03. The normalized spacial score (nSPS) is 14.9. The number of ether oxygens (including phenoxy) is 1. The van der Waals surface area contributed by atoms with Crippen LogP contribution < -0.4 is 15.1 Å². The zero-order valence-electron chi connectivity index (χ0n) is 18.8. The minimum absolute atomic E-state index is 0.0362. The second-order valence-corrected chi connectivity index (χ2v) is 9.01. The van der Waals surface area contributed by atoms with Crippen LogP contribution in [0.15, 0.2) is 64.3 Å². The fourth-order valence-electron chi connectivity index (χ4n) is 4.17. The highest BCUT2D eigenvalue weighted by atomic mass is 32.1. The van der Waals surface area contributed by atoms with Crippen LogP contribution in [0.25, 0.3) is 11.0 Å². The first-order valence-corrected chi connectivity index (χ1v) is 11.5. The van der Waals surface area contributed by atoms with Gasteiger partial charge in [-0.2, -0.15) is 0 Å². The molecule has 3 heterocycles. The number of aromatic nitrogens is 1. The van der Waals surface area contributed by atoms with E-state index in [1.165, 1.54) is 17.9 Å². The summed E-state index contributed by atoms with van der Waals surface area (Å²) in [6, 6.07) is 9.60. The van der Waals surface area contributed by atoms with Gasteiger partial charge in [0.2, 0.25) is 5.76 Å². The van der Waals surface area contributed by atoms with Gasteiger partial charge in [0, 0.05) is 6.92 Å². The zero-order chi connectivity index (χ0) is 24.9. The lowest BCUT2D eigenvalue weighted by molar-refractivity contribution is 0.0969. The van der Waals surface area contributed by atoms with Gasteiger partial charge >= 0.3 is 0 Å². The van der Waals surface area contributed by atoms with E-state index in [0.29, 0.717) is 28.5 Å². The molecule has 176 valence electrons. The van der Waals surface area contributed by atoms with E-state index in [9.17, 15) is 18.8 Å². The molecular formula is C26H19FN2O5S. The van der Waals surface area contributed by atoms with Gasteiger partial charge in [-0.25, -0.2) is 9.37 Å². The van der Waals surface area contributed by atoms with Crippen LogP contribution in [-0.4, -0.2) is 23.3 Å². The van der Waals surface area contributed by atoms with E-state index < -0.39 is 23.2 Å². The Morgan fingerprint density at radius 3 is 2.66 bits per heavy atom. The molecule has 7 nitrogen and oxygen atoms in total. The maximum atomic E-state index is 14.0. The van der Waals surface area contributed by atoms with E-state index in [1.807, 2.05) is 0 Å². The molecule has 0 saturated carbocycles. The number of thiazole rings is 1. The minimum atomic E-state index is -0.889. The largest absolute Gasteiger partial charge is 0.490 e. The first kappa shape index (κ1) is 22.7. The first-order chi connectivity index (χ1) is 16.8. The molecule has 9 heteroatoms. The Kier molecular flexibility index (Phi) is 5.56. The van der Waals surface area contributed by atoms with Crippen LogP contribution in [0.2, 0.25) is 0 Å². The molecule has 0 fully saturated rings. The lowest BCUT2D eigenvalue weighted by atomic mass is 9.98. The highest BCUT2D eigenvalue weighted by Crippen LogP contribution is 2.43. The predicted octanol–water partition coefficient (Wildman–Crippen LogP) is 5.21. The van der Waals surface area contributed by atoms with Crippen LogP contribution in [0.5, 0.6) is 5.75 Å². The fourth-order valence-corrected chi connectivity index (χ4v) is 5.16. The standard InChI is InChI=1S/C26H19FN2O5S/c1-4-11-33-17-8-5-15(6-9-17)21-20-22(31)18-12-16(27)7-10-19(18)34-23(20)25(32)29(21)26-28-13(2)24(35-26)14(3)30/h4-10,12,21H,1,11H2,2-3H3/t21-/m0/s1. The van der Waals surface area contributed by atoms with Crippen molar-refractivity contribution in [3.05, 3.63) is 98.6 Å². The quantitative estimate of drug-likeness (QED) is 0.272. The summed E-state index contributed by atoms with van der Waals surface area (Å²) in [5.74, 6) is -0.882. The summed E-state index contributed by atoms with van der Waals surface area (Å²) < 4.78 is 25.3. The summed E-state index contributed by atoms with van der Waals surface area (Å²) in [6.07, 6.45) is 1.62. The number of benzene rings is 2. The summed E-state index contributed by atoms with van der Waals surface area (Å²) in [4.78, 5) is 45.5. The molecular weight excluding hydrogens is 471 g/mol. The molecule has 1 amide bonds. The van der Waals surface area contributed by atoms with Gasteiger partial charge in [-0.15, -0.1) is 0 Å². The van der Waals surface area contributed by atoms with Gasteiger partial charge in [-0.3, -0.25) is 19.3 Å². The van der Waals surface area contributed by atoms with Crippen molar-refractivity contribution in [1.29, 1.82) is 0 Å². The number of anilines is 1. The number of ketones is 1. The molecule has 0 saturated heterocycles. The Morgan fingerprint density at radius 1 is 1.26 bits per heavy atom. The molecule has 2 aromatic carbocycles. The Morgan fingerprint density at radius 2 is 2.00 bits per heavy atom. The first-order valence-electron chi connectivity index (χ1n) is 10.7. The number of fused-ring (bicyclic) bond motifs is 2. The second kappa shape index (κ2) is 8.59. The predicted molar refractivity (Wildman–Crippen MR) is 130 cm³/mol. The number of carbonyl (C=O) groups excluding carboxylic acids is 2. The van der Waals surface area contributed by atoms with Crippen molar-refractivity contribution in [3.63, 3.8) is 0 Å². The summed E-state index contributed by atoms with van der Waals surface area (Å²) in [5, 5.41) is 0.296. The molecule has 1 aliphatic rings. The number of hydrogen-bond donors (Lipinski definition) is 0. The molecule has 1 atom stereocenters. The van der Waals surface area contributed by atoms with Crippen LogP contribution in [0, 0.1) is 12.7 Å². The lowest BCUT2D eigenvalue weighted by Crippen LogP contribution is -2.29. The molecule has 4 aromatic rings.